The Morgan fingerprint density at radius 3 is 2.35 bits per heavy atom. The average molecular weight is 311 g/mol. The van der Waals surface area contributed by atoms with Crippen LogP contribution in [-0.4, -0.2) is 6.26 Å². The normalized spacial score (nSPS) is 11.2. The lowest BCUT2D eigenvalue weighted by molar-refractivity contribution is 0.512. The van der Waals surface area contributed by atoms with Gasteiger partial charge < -0.3 is 0 Å². The number of rotatable bonds is 11. The zero-order valence-corrected chi connectivity index (χ0v) is 15.0. The summed E-state index contributed by atoms with van der Waals surface area (Å²) in [4.78, 5) is 4.28. The van der Waals surface area contributed by atoms with Crippen molar-refractivity contribution >= 4 is 29.2 Å². The van der Waals surface area contributed by atoms with Gasteiger partial charge in [-0.25, -0.2) is 0 Å². The van der Waals surface area contributed by atoms with Crippen molar-refractivity contribution < 1.29 is 0 Å². The summed E-state index contributed by atoms with van der Waals surface area (Å²) in [5.74, 6) is 0.874. The number of thiophene rings is 1. The Balaban J connectivity index is 2.09. The Hall–Kier alpha value is -0.210. The van der Waals surface area contributed by atoms with Crippen molar-refractivity contribution in [3.8, 4) is 0 Å². The summed E-state index contributed by atoms with van der Waals surface area (Å²) < 4.78 is 0. The third-order valence-electron chi connectivity index (χ3n) is 3.64. The van der Waals surface area contributed by atoms with E-state index in [-0.39, 0.29) is 0 Å². The third kappa shape index (κ3) is 6.99. The third-order valence-corrected chi connectivity index (χ3v) is 5.73. The van der Waals surface area contributed by atoms with Gasteiger partial charge in [0.25, 0.3) is 0 Å². The minimum Gasteiger partial charge on any atom is -0.140 e. The summed E-state index contributed by atoms with van der Waals surface area (Å²) in [6.07, 6.45) is 15.2. The van der Waals surface area contributed by atoms with E-state index >= 15 is 0 Å². The molecule has 1 aromatic heterocycles. The van der Waals surface area contributed by atoms with Crippen LogP contribution in [0, 0.1) is 5.92 Å². The molecule has 0 aromatic carbocycles. The minimum atomic E-state index is 0.874. The first kappa shape index (κ1) is 17.8. The van der Waals surface area contributed by atoms with Gasteiger partial charge in [-0.05, 0) is 31.1 Å². The predicted molar refractivity (Wildman–Crippen MR) is 97.1 cm³/mol. The molecule has 114 valence electrons. The molecule has 0 saturated heterocycles. The number of unbranched alkanes of at least 4 members (excludes halogenated alkanes) is 5. The lowest BCUT2D eigenvalue weighted by Gasteiger charge is -2.04. The maximum Gasteiger partial charge on any atom is 0.0403 e. The Bertz CT molecular complexity index is 377. The molecular weight excluding hydrogens is 280 g/mol. The highest BCUT2D eigenvalue weighted by molar-refractivity contribution is 7.98. The van der Waals surface area contributed by atoms with Gasteiger partial charge in [0.15, 0.2) is 0 Å². The van der Waals surface area contributed by atoms with Crippen LogP contribution in [0.1, 0.15) is 68.5 Å². The van der Waals surface area contributed by atoms with Gasteiger partial charge in [-0.2, -0.15) is 0 Å². The van der Waals surface area contributed by atoms with E-state index in [1.165, 1.54) is 66.0 Å². The molecule has 1 heterocycles. The molecule has 2 heteroatoms. The fourth-order valence-electron chi connectivity index (χ4n) is 2.42. The smallest absolute Gasteiger partial charge is 0.0403 e. The summed E-state index contributed by atoms with van der Waals surface area (Å²) in [7, 11) is 0. The van der Waals surface area contributed by atoms with Crippen LogP contribution in [0.15, 0.2) is 17.5 Å². The first-order chi connectivity index (χ1) is 9.67. The number of aryl methyl sites for hydroxylation is 1. The van der Waals surface area contributed by atoms with E-state index in [1.807, 2.05) is 29.2 Å². The molecule has 0 nitrogen and oxygen atoms in total. The molecule has 0 fully saturated rings. The SMILES string of the molecule is C=Cc1sc(CCCCCCCCC(C)C)cc1SC. The Morgan fingerprint density at radius 1 is 1.15 bits per heavy atom. The van der Waals surface area contributed by atoms with Crippen molar-refractivity contribution in [2.45, 2.75) is 70.1 Å². The van der Waals surface area contributed by atoms with Crippen LogP contribution in [-0.2, 0) is 6.42 Å². The maximum absolute atomic E-state index is 3.90. The molecule has 0 bridgehead atoms. The molecule has 20 heavy (non-hydrogen) atoms. The maximum atomic E-state index is 3.90. The zero-order valence-electron chi connectivity index (χ0n) is 13.4. The van der Waals surface area contributed by atoms with Gasteiger partial charge in [-0.1, -0.05) is 65.0 Å². The molecule has 0 radical (unpaired) electrons. The Kier molecular flexibility index (Phi) is 9.37. The topological polar surface area (TPSA) is 0 Å². The molecule has 0 atom stereocenters. The zero-order chi connectivity index (χ0) is 14.8. The molecule has 1 rings (SSSR count). The standard InChI is InChI=1S/C18H30S2/c1-5-17-18(19-4)14-16(20-17)13-11-9-7-6-8-10-12-15(2)3/h5,14-15H,1,6-13H2,2-4H3. The molecule has 0 spiro atoms. The van der Waals surface area contributed by atoms with E-state index in [0.29, 0.717) is 0 Å². The highest BCUT2D eigenvalue weighted by Gasteiger charge is 2.05. The van der Waals surface area contributed by atoms with E-state index in [4.69, 9.17) is 0 Å². The van der Waals surface area contributed by atoms with Crippen LogP contribution >= 0.6 is 23.1 Å². The largest absolute Gasteiger partial charge is 0.140 e. The number of thioether (sulfide) groups is 1. The lowest BCUT2D eigenvalue weighted by atomic mass is 10.0. The monoisotopic (exact) mass is 310 g/mol. The van der Waals surface area contributed by atoms with E-state index in [0.717, 1.165) is 5.92 Å². The van der Waals surface area contributed by atoms with Crippen LogP contribution in [0.5, 0.6) is 0 Å². The van der Waals surface area contributed by atoms with Crippen LogP contribution in [0.4, 0.5) is 0 Å². The van der Waals surface area contributed by atoms with Gasteiger partial charge in [-0.3, -0.25) is 0 Å². The van der Waals surface area contributed by atoms with Crippen molar-refractivity contribution in [2.24, 2.45) is 5.92 Å². The first-order valence-corrected chi connectivity index (χ1v) is 10.0. The van der Waals surface area contributed by atoms with Crippen LogP contribution in [0.2, 0.25) is 0 Å². The average Bonchev–Trinajstić information content (AvgIpc) is 2.83. The quantitative estimate of drug-likeness (QED) is 0.312. The Morgan fingerprint density at radius 2 is 1.80 bits per heavy atom. The van der Waals surface area contributed by atoms with Gasteiger partial charge in [0.05, 0.1) is 0 Å². The van der Waals surface area contributed by atoms with Crippen molar-refractivity contribution in [1.29, 1.82) is 0 Å². The van der Waals surface area contributed by atoms with Crippen LogP contribution < -0.4 is 0 Å². The van der Waals surface area contributed by atoms with Crippen molar-refractivity contribution in [3.05, 3.63) is 22.4 Å². The summed E-state index contributed by atoms with van der Waals surface area (Å²) in [5, 5.41) is 0. The summed E-state index contributed by atoms with van der Waals surface area (Å²) in [6.45, 7) is 8.54. The van der Waals surface area contributed by atoms with Crippen molar-refractivity contribution in [2.75, 3.05) is 6.26 Å². The Labute approximate surface area is 134 Å². The van der Waals surface area contributed by atoms with Gasteiger partial charge in [0.1, 0.15) is 0 Å². The lowest BCUT2D eigenvalue weighted by Crippen LogP contribution is -1.87. The van der Waals surface area contributed by atoms with E-state index in [9.17, 15) is 0 Å². The van der Waals surface area contributed by atoms with Gasteiger partial charge in [0, 0.05) is 14.6 Å². The van der Waals surface area contributed by atoms with Gasteiger partial charge >= 0.3 is 0 Å². The second kappa shape index (κ2) is 10.5. The number of hydrogen-bond donors (Lipinski definition) is 0. The second-order valence-corrected chi connectivity index (χ2v) is 7.92. The molecule has 0 aliphatic carbocycles. The highest BCUT2D eigenvalue weighted by Crippen LogP contribution is 2.31. The highest BCUT2D eigenvalue weighted by atomic mass is 32.2. The van der Waals surface area contributed by atoms with E-state index < -0.39 is 0 Å². The fraction of sp³-hybridized carbons (Fsp3) is 0.667. The van der Waals surface area contributed by atoms with Gasteiger partial charge in [0.2, 0.25) is 0 Å². The molecule has 0 N–H and O–H groups in total. The second-order valence-electron chi connectivity index (χ2n) is 5.90. The van der Waals surface area contributed by atoms with Crippen LogP contribution in [0.25, 0.3) is 6.08 Å². The van der Waals surface area contributed by atoms with Crippen molar-refractivity contribution in [3.63, 3.8) is 0 Å². The van der Waals surface area contributed by atoms with Crippen molar-refractivity contribution in [1.82, 2.24) is 0 Å². The first-order valence-electron chi connectivity index (χ1n) is 7.96. The molecular formula is C18H30S2. The predicted octanol–water partition coefficient (Wildman–Crippen LogP) is 7.04. The van der Waals surface area contributed by atoms with Gasteiger partial charge in [-0.15, -0.1) is 23.1 Å². The summed E-state index contributed by atoms with van der Waals surface area (Å²) in [6, 6.07) is 2.36. The fourth-order valence-corrected chi connectivity index (χ4v) is 4.36. The molecule has 0 saturated carbocycles. The molecule has 0 amide bonds. The molecule has 1 aromatic rings. The molecule has 0 aliphatic heterocycles. The van der Waals surface area contributed by atoms with E-state index in [1.54, 1.807) is 0 Å². The summed E-state index contributed by atoms with van der Waals surface area (Å²) >= 11 is 3.76. The summed E-state index contributed by atoms with van der Waals surface area (Å²) in [5.41, 5.74) is 0. The number of hydrogen-bond acceptors (Lipinski definition) is 2. The molecule has 0 unspecified atom stereocenters. The van der Waals surface area contributed by atoms with Crippen LogP contribution in [0.3, 0.4) is 0 Å². The van der Waals surface area contributed by atoms with E-state index in [2.05, 4.69) is 32.7 Å². The minimum absolute atomic E-state index is 0.874. The molecule has 0 aliphatic rings.